The Morgan fingerprint density at radius 1 is 0.923 bits per heavy atom. The van der Waals surface area contributed by atoms with Crippen molar-refractivity contribution < 1.29 is 0 Å². The third-order valence-electron chi connectivity index (χ3n) is 2.70. The van der Waals surface area contributed by atoms with E-state index in [9.17, 15) is 0 Å². The van der Waals surface area contributed by atoms with E-state index < -0.39 is 0 Å². The van der Waals surface area contributed by atoms with E-state index in [1.807, 2.05) is 0 Å². The Morgan fingerprint density at radius 2 is 1.38 bits per heavy atom. The SMILES string of the molecule is CCCCC(P)(CCP)CCCC. The van der Waals surface area contributed by atoms with E-state index in [0.717, 1.165) is 0 Å². The molecule has 2 heteroatoms. The van der Waals surface area contributed by atoms with Crippen molar-refractivity contribution in [3.8, 4) is 0 Å². The van der Waals surface area contributed by atoms with E-state index >= 15 is 0 Å². The van der Waals surface area contributed by atoms with E-state index in [-0.39, 0.29) is 0 Å². The highest BCUT2D eigenvalue weighted by molar-refractivity contribution is 7.19. The largest absolute Gasteiger partial charge is 0.138 e. The summed E-state index contributed by atoms with van der Waals surface area (Å²) >= 11 is 0. The molecule has 0 aromatic heterocycles. The minimum atomic E-state index is 0.549. The van der Waals surface area contributed by atoms with Gasteiger partial charge in [0.05, 0.1) is 0 Å². The lowest BCUT2D eigenvalue weighted by atomic mass is 9.92. The van der Waals surface area contributed by atoms with Gasteiger partial charge in [-0.3, -0.25) is 0 Å². The Hall–Kier alpha value is 0.860. The third kappa shape index (κ3) is 6.87. The van der Waals surface area contributed by atoms with Crippen LogP contribution < -0.4 is 0 Å². The van der Waals surface area contributed by atoms with E-state index in [0.29, 0.717) is 5.16 Å². The highest BCUT2D eigenvalue weighted by Crippen LogP contribution is 2.35. The van der Waals surface area contributed by atoms with Gasteiger partial charge in [0.25, 0.3) is 0 Å². The Kier molecular flexibility index (Phi) is 8.73. The maximum Gasteiger partial charge on any atom is -0.0147 e. The molecule has 0 amide bonds. The van der Waals surface area contributed by atoms with Gasteiger partial charge in [0, 0.05) is 0 Å². The summed E-state index contributed by atoms with van der Waals surface area (Å²) in [6.07, 6.45) is 10.8. The van der Waals surface area contributed by atoms with Crippen LogP contribution in [0.25, 0.3) is 0 Å². The first-order valence-electron chi connectivity index (χ1n) is 5.67. The molecule has 0 saturated heterocycles. The van der Waals surface area contributed by atoms with Crippen molar-refractivity contribution in [1.82, 2.24) is 0 Å². The number of hydrogen-bond donors (Lipinski definition) is 0. The van der Waals surface area contributed by atoms with Gasteiger partial charge in [-0.15, -0.1) is 18.5 Å². The van der Waals surface area contributed by atoms with Crippen LogP contribution in [0, 0.1) is 0 Å². The van der Waals surface area contributed by atoms with Crippen molar-refractivity contribution in [2.45, 2.75) is 63.9 Å². The molecule has 0 heterocycles. The highest BCUT2D eigenvalue weighted by Gasteiger charge is 2.21. The second-order valence-electron chi connectivity index (χ2n) is 4.11. The molecule has 0 bridgehead atoms. The molecule has 13 heavy (non-hydrogen) atoms. The molecule has 0 aliphatic carbocycles. The Labute approximate surface area is 89.0 Å². The lowest BCUT2D eigenvalue weighted by Crippen LogP contribution is -2.21. The lowest BCUT2D eigenvalue weighted by molar-refractivity contribution is 0.454. The lowest BCUT2D eigenvalue weighted by Gasteiger charge is -2.29. The van der Waals surface area contributed by atoms with E-state index in [1.54, 1.807) is 0 Å². The Bertz CT molecular complexity index is 105. The van der Waals surface area contributed by atoms with Gasteiger partial charge in [-0.1, -0.05) is 39.5 Å². The van der Waals surface area contributed by atoms with Crippen LogP contribution in [0.15, 0.2) is 0 Å². The molecule has 80 valence electrons. The molecule has 0 fully saturated rings. The van der Waals surface area contributed by atoms with Gasteiger partial charge >= 0.3 is 0 Å². The topological polar surface area (TPSA) is 0 Å². The zero-order valence-corrected chi connectivity index (χ0v) is 11.6. The molecular formula is C11H26P2. The Balaban J connectivity index is 3.84. The fourth-order valence-electron chi connectivity index (χ4n) is 1.72. The summed E-state index contributed by atoms with van der Waals surface area (Å²) in [6, 6.07) is 0. The summed E-state index contributed by atoms with van der Waals surface area (Å²) in [5.41, 5.74) is 0. The van der Waals surface area contributed by atoms with Crippen molar-refractivity contribution in [2.24, 2.45) is 0 Å². The average Bonchev–Trinajstić information content (AvgIpc) is 2.12. The van der Waals surface area contributed by atoms with E-state index in [4.69, 9.17) is 0 Å². The van der Waals surface area contributed by atoms with E-state index in [1.165, 1.54) is 51.1 Å². The van der Waals surface area contributed by atoms with Crippen molar-refractivity contribution in [1.29, 1.82) is 0 Å². The third-order valence-corrected chi connectivity index (χ3v) is 3.85. The van der Waals surface area contributed by atoms with Crippen molar-refractivity contribution in [2.75, 3.05) is 6.16 Å². The predicted octanol–water partition coefficient (Wildman–Crippen LogP) is 4.25. The van der Waals surface area contributed by atoms with Crippen LogP contribution in [0.1, 0.15) is 58.8 Å². The average molecular weight is 220 g/mol. The number of unbranched alkanes of at least 4 members (excludes halogenated alkanes) is 2. The molecule has 0 aliphatic heterocycles. The highest BCUT2D eigenvalue weighted by atomic mass is 31.0. The van der Waals surface area contributed by atoms with Crippen molar-refractivity contribution in [3.63, 3.8) is 0 Å². The second kappa shape index (κ2) is 8.19. The zero-order chi connectivity index (χ0) is 10.2. The fraction of sp³-hybridized carbons (Fsp3) is 1.00. The molecule has 0 spiro atoms. The van der Waals surface area contributed by atoms with Gasteiger partial charge in [0.1, 0.15) is 0 Å². The minimum Gasteiger partial charge on any atom is -0.138 e. The van der Waals surface area contributed by atoms with Crippen LogP contribution in [-0.4, -0.2) is 11.3 Å². The monoisotopic (exact) mass is 220 g/mol. The summed E-state index contributed by atoms with van der Waals surface area (Å²) in [6.45, 7) is 4.57. The van der Waals surface area contributed by atoms with Crippen LogP contribution in [0.4, 0.5) is 0 Å². The molecule has 0 saturated carbocycles. The molecule has 0 nitrogen and oxygen atoms in total. The Morgan fingerprint density at radius 3 is 1.69 bits per heavy atom. The van der Waals surface area contributed by atoms with Gasteiger partial charge in [-0.05, 0) is 30.6 Å². The maximum atomic E-state index is 3.12. The summed E-state index contributed by atoms with van der Waals surface area (Å²) in [5, 5.41) is 0.549. The second-order valence-corrected chi connectivity index (χ2v) is 5.91. The first kappa shape index (κ1) is 13.9. The molecule has 0 aliphatic rings. The normalized spacial score (nSPS) is 12.0. The van der Waals surface area contributed by atoms with Gasteiger partial charge in [-0.2, -0.15) is 0 Å². The summed E-state index contributed by atoms with van der Waals surface area (Å²) in [7, 11) is 5.98. The molecule has 0 radical (unpaired) electrons. The molecular weight excluding hydrogens is 194 g/mol. The first-order chi connectivity index (χ1) is 6.18. The van der Waals surface area contributed by atoms with Crippen LogP contribution in [-0.2, 0) is 0 Å². The van der Waals surface area contributed by atoms with E-state index in [2.05, 4.69) is 32.3 Å². The molecule has 0 rings (SSSR count). The summed E-state index contributed by atoms with van der Waals surface area (Å²) < 4.78 is 0. The smallest absolute Gasteiger partial charge is 0.0147 e. The van der Waals surface area contributed by atoms with Gasteiger partial charge in [0.15, 0.2) is 0 Å². The van der Waals surface area contributed by atoms with Gasteiger partial charge in [-0.25, -0.2) is 0 Å². The van der Waals surface area contributed by atoms with Crippen LogP contribution in [0.5, 0.6) is 0 Å². The molecule has 2 atom stereocenters. The molecule has 0 aromatic carbocycles. The molecule has 2 unspecified atom stereocenters. The van der Waals surface area contributed by atoms with Crippen LogP contribution in [0.3, 0.4) is 0 Å². The van der Waals surface area contributed by atoms with Gasteiger partial charge < -0.3 is 0 Å². The first-order valence-corrected chi connectivity index (χ1v) is 7.07. The molecule has 0 N–H and O–H groups in total. The van der Waals surface area contributed by atoms with Crippen LogP contribution in [0.2, 0.25) is 0 Å². The molecule has 0 aromatic rings. The van der Waals surface area contributed by atoms with Crippen LogP contribution >= 0.6 is 18.5 Å². The van der Waals surface area contributed by atoms with Crippen molar-refractivity contribution >= 4 is 18.5 Å². The summed E-state index contributed by atoms with van der Waals surface area (Å²) in [5.74, 6) is 0. The number of hydrogen-bond acceptors (Lipinski definition) is 0. The van der Waals surface area contributed by atoms with Gasteiger partial charge in [0.2, 0.25) is 0 Å². The maximum absolute atomic E-state index is 3.12. The summed E-state index contributed by atoms with van der Waals surface area (Å²) in [4.78, 5) is 0. The zero-order valence-electron chi connectivity index (χ0n) is 9.31. The number of rotatable bonds is 8. The quantitative estimate of drug-likeness (QED) is 0.536. The fourth-order valence-corrected chi connectivity index (χ4v) is 3.20. The standard InChI is InChI=1S/C11H26P2/c1-3-5-7-11(13,9-10-12)8-6-4-2/h3-10,12-13H2,1-2H3. The predicted molar refractivity (Wildman–Crippen MR) is 70.7 cm³/mol. The minimum absolute atomic E-state index is 0.549. The van der Waals surface area contributed by atoms with Crippen molar-refractivity contribution in [3.05, 3.63) is 0 Å².